The van der Waals surface area contributed by atoms with Crippen LogP contribution in [-0.4, -0.2) is 28.7 Å². The van der Waals surface area contributed by atoms with Gasteiger partial charge in [0, 0.05) is 12.6 Å². The summed E-state index contributed by atoms with van der Waals surface area (Å²) in [7, 11) is 0. The molecule has 1 aliphatic rings. The molecule has 1 N–H and O–H groups in total. The zero-order valence-corrected chi connectivity index (χ0v) is 15.0. The van der Waals surface area contributed by atoms with Crippen LogP contribution >= 0.6 is 0 Å². The van der Waals surface area contributed by atoms with E-state index >= 15 is 0 Å². The lowest BCUT2D eigenvalue weighted by atomic mass is 10.0. The summed E-state index contributed by atoms with van der Waals surface area (Å²) in [5.41, 5.74) is 1.43. The Morgan fingerprint density at radius 1 is 1.20 bits per heavy atom. The quantitative estimate of drug-likeness (QED) is 0.902. The number of carbonyl (C=O) groups excluding carboxylic acids is 1. The van der Waals surface area contributed by atoms with Crippen molar-refractivity contribution in [2.45, 2.75) is 51.6 Å². The molecule has 0 aliphatic carbocycles. The van der Waals surface area contributed by atoms with Gasteiger partial charge in [-0.1, -0.05) is 37.3 Å². The van der Waals surface area contributed by atoms with E-state index in [9.17, 15) is 4.79 Å². The first-order chi connectivity index (χ1) is 12.2. The second kappa shape index (κ2) is 8.10. The number of piperidine rings is 1. The number of hydrogen-bond acceptors (Lipinski definition) is 4. The van der Waals surface area contributed by atoms with Crippen LogP contribution < -0.4 is 10.2 Å². The van der Waals surface area contributed by atoms with Crippen LogP contribution in [0.3, 0.4) is 0 Å². The molecular weight excluding hydrogens is 312 g/mol. The Bertz CT molecular complexity index is 687. The summed E-state index contributed by atoms with van der Waals surface area (Å²) >= 11 is 0. The Hall–Kier alpha value is -2.43. The molecule has 1 aliphatic heterocycles. The topological polar surface area (TPSA) is 58.1 Å². The predicted octanol–water partition coefficient (Wildman–Crippen LogP) is 3.74. The van der Waals surface area contributed by atoms with Crippen molar-refractivity contribution in [3.8, 4) is 0 Å². The molecule has 5 nitrogen and oxygen atoms in total. The minimum Gasteiger partial charge on any atom is -0.352 e. The van der Waals surface area contributed by atoms with Crippen molar-refractivity contribution in [2.24, 2.45) is 0 Å². The third kappa shape index (κ3) is 4.16. The monoisotopic (exact) mass is 338 g/mol. The van der Waals surface area contributed by atoms with Crippen molar-refractivity contribution in [1.29, 1.82) is 0 Å². The Kier molecular flexibility index (Phi) is 5.64. The minimum atomic E-state index is -0.193. The van der Waals surface area contributed by atoms with Crippen LogP contribution in [0.1, 0.15) is 61.6 Å². The zero-order valence-electron chi connectivity index (χ0n) is 15.0. The fourth-order valence-corrected chi connectivity index (χ4v) is 3.42. The summed E-state index contributed by atoms with van der Waals surface area (Å²) in [6, 6.07) is 14.1. The summed E-state index contributed by atoms with van der Waals surface area (Å²) < 4.78 is 0. The van der Waals surface area contributed by atoms with Crippen molar-refractivity contribution in [2.75, 3.05) is 11.4 Å². The van der Waals surface area contributed by atoms with Crippen LogP contribution in [0, 0.1) is 0 Å². The molecule has 2 unspecified atom stereocenters. The first-order valence-electron chi connectivity index (χ1n) is 9.15. The van der Waals surface area contributed by atoms with Crippen molar-refractivity contribution in [3.63, 3.8) is 0 Å². The normalized spacial score (nSPS) is 18.6. The van der Waals surface area contributed by atoms with Crippen molar-refractivity contribution in [3.05, 3.63) is 53.7 Å². The van der Waals surface area contributed by atoms with Crippen LogP contribution in [0.15, 0.2) is 42.5 Å². The molecule has 0 spiro atoms. The smallest absolute Gasteiger partial charge is 0.272 e. The third-order valence-corrected chi connectivity index (χ3v) is 4.92. The molecule has 0 radical (unpaired) electrons. The highest BCUT2D eigenvalue weighted by Crippen LogP contribution is 2.24. The second-order valence-corrected chi connectivity index (χ2v) is 6.63. The van der Waals surface area contributed by atoms with Crippen LogP contribution in [-0.2, 0) is 0 Å². The van der Waals surface area contributed by atoms with E-state index in [4.69, 9.17) is 0 Å². The first kappa shape index (κ1) is 17.4. The number of benzene rings is 1. The second-order valence-electron chi connectivity index (χ2n) is 6.63. The molecule has 1 aromatic heterocycles. The molecule has 3 rings (SSSR count). The number of carbonyl (C=O) groups is 1. The van der Waals surface area contributed by atoms with Crippen molar-refractivity contribution >= 4 is 11.7 Å². The van der Waals surface area contributed by atoms with Gasteiger partial charge in [0.15, 0.2) is 11.5 Å². The Labute approximate surface area is 149 Å². The Morgan fingerprint density at radius 3 is 2.68 bits per heavy atom. The summed E-state index contributed by atoms with van der Waals surface area (Å²) in [5, 5.41) is 11.5. The van der Waals surface area contributed by atoms with Crippen molar-refractivity contribution in [1.82, 2.24) is 15.5 Å². The highest BCUT2D eigenvalue weighted by atomic mass is 16.2. The molecule has 132 valence electrons. The standard InChI is InChI=1S/C20H26N4O/c1-3-17-11-7-8-14-24(17)19-13-12-18(22-23-19)20(25)21-15(2)16-9-5-4-6-10-16/h4-6,9-10,12-13,15,17H,3,7-8,11,14H2,1-2H3,(H,21,25). The first-order valence-corrected chi connectivity index (χ1v) is 9.15. The van der Waals surface area contributed by atoms with E-state index < -0.39 is 0 Å². The van der Waals surface area contributed by atoms with Gasteiger partial charge in [0.1, 0.15) is 0 Å². The van der Waals surface area contributed by atoms with Gasteiger partial charge in [-0.15, -0.1) is 10.2 Å². The molecule has 1 aromatic carbocycles. The van der Waals surface area contributed by atoms with Gasteiger partial charge in [0.2, 0.25) is 0 Å². The lowest BCUT2D eigenvalue weighted by Crippen LogP contribution is -2.39. The summed E-state index contributed by atoms with van der Waals surface area (Å²) in [5.74, 6) is 0.681. The molecule has 2 atom stereocenters. The summed E-state index contributed by atoms with van der Waals surface area (Å²) in [4.78, 5) is 14.7. The fourth-order valence-electron chi connectivity index (χ4n) is 3.42. The zero-order chi connectivity index (χ0) is 17.6. The molecule has 25 heavy (non-hydrogen) atoms. The summed E-state index contributed by atoms with van der Waals surface area (Å²) in [6.45, 7) is 5.20. The molecule has 0 bridgehead atoms. The maximum absolute atomic E-state index is 12.4. The predicted molar refractivity (Wildman–Crippen MR) is 99.6 cm³/mol. The van der Waals surface area contributed by atoms with Gasteiger partial charge in [-0.25, -0.2) is 0 Å². The van der Waals surface area contributed by atoms with Crippen molar-refractivity contribution < 1.29 is 4.79 Å². The van der Waals surface area contributed by atoms with E-state index in [0.29, 0.717) is 11.7 Å². The number of nitrogens with one attached hydrogen (secondary N) is 1. The van der Waals surface area contributed by atoms with E-state index in [0.717, 1.165) is 24.3 Å². The van der Waals surface area contributed by atoms with Gasteiger partial charge >= 0.3 is 0 Å². The maximum Gasteiger partial charge on any atom is 0.272 e. The van der Waals surface area contributed by atoms with Gasteiger partial charge in [0.25, 0.3) is 5.91 Å². The number of anilines is 1. The van der Waals surface area contributed by atoms with Gasteiger partial charge < -0.3 is 10.2 Å². The van der Waals surface area contributed by atoms with Crippen LogP contribution in [0.4, 0.5) is 5.82 Å². The highest BCUT2D eigenvalue weighted by molar-refractivity contribution is 5.92. The number of amides is 1. The SMILES string of the molecule is CCC1CCCCN1c1ccc(C(=O)NC(C)c2ccccc2)nn1. The third-order valence-electron chi connectivity index (χ3n) is 4.92. The Balaban J connectivity index is 1.66. The molecule has 5 heteroatoms. The number of aromatic nitrogens is 2. The van der Waals surface area contributed by atoms with Crippen LogP contribution in [0.25, 0.3) is 0 Å². The van der Waals surface area contributed by atoms with Gasteiger partial charge in [-0.3, -0.25) is 4.79 Å². The largest absolute Gasteiger partial charge is 0.352 e. The molecule has 2 aromatic rings. The number of rotatable bonds is 5. The lowest BCUT2D eigenvalue weighted by molar-refractivity contribution is 0.0934. The highest BCUT2D eigenvalue weighted by Gasteiger charge is 2.22. The van der Waals surface area contributed by atoms with E-state index in [1.165, 1.54) is 19.3 Å². The van der Waals surface area contributed by atoms with E-state index in [2.05, 4.69) is 27.3 Å². The average molecular weight is 338 g/mol. The van der Waals surface area contributed by atoms with Gasteiger partial charge in [-0.2, -0.15) is 0 Å². The van der Waals surface area contributed by atoms with E-state index in [-0.39, 0.29) is 11.9 Å². The molecular formula is C20H26N4O. The van der Waals surface area contributed by atoms with E-state index in [1.54, 1.807) is 6.07 Å². The van der Waals surface area contributed by atoms with E-state index in [1.807, 2.05) is 43.3 Å². The molecule has 1 amide bonds. The maximum atomic E-state index is 12.4. The number of nitrogens with zero attached hydrogens (tertiary/aromatic N) is 3. The van der Waals surface area contributed by atoms with Gasteiger partial charge in [0.05, 0.1) is 6.04 Å². The van der Waals surface area contributed by atoms with Crippen LogP contribution in [0.2, 0.25) is 0 Å². The number of hydrogen-bond donors (Lipinski definition) is 1. The molecule has 1 fully saturated rings. The fraction of sp³-hybridized carbons (Fsp3) is 0.450. The lowest BCUT2D eigenvalue weighted by Gasteiger charge is -2.35. The molecule has 0 saturated carbocycles. The Morgan fingerprint density at radius 2 is 2.00 bits per heavy atom. The average Bonchev–Trinajstić information content (AvgIpc) is 2.68. The van der Waals surface area contributed by atoms with Gasteiger partial charge in [-0.05, 0) is 50.3 Å². The van der Waals surface area contributed by atoms with Crippen LogP contribution in [0.5, 0.6) is 0 Å². The minimum absolute atomic E-state index is 0.0678. The molecule has 1 saturated heterocycles. The summed E-state index contributed by atoms with van der Waals surface area (Å²) in [6.07, 6.45) is 4.78. The molecule has 2 heterocycles.